The van der Waals surface area contributed by atoms with Gasteiger partial charge in [0.15, 0.2) is 11.6 Å². The molecule has 1 aromatic carbocycles. The molecule has 9 heteroatoms. The number of rotatable bonds is 4. The molecule has 2 heterocycles. The molecule has 1 aliphatic rings. The van der Waals surface area contributed by atoms with Crippen molar-refractivity contribution in [1.82, 2.24) is 4.98 Å². The number of pyridine rings is 1. The van der Waals surface area contributed by atoms with Crippen molar-refractivity contribution >= 4 is 35.6 Å². The van der Waals surface area contributed by atoms with Gasteiger partial charge in [-0.3, -0.25) is 9.79 Å². The van der Waals surface area contributed by atoms with Crippen LogP contribution >= 0.6 is 24.0 Å². The van der Waals surface area contributed by atoms with Crippen molar-refractivity contribution < 1.29 is 18.3 Å². The Morgan fingerprint density at radius 2 is 2.07 bits per heavy atom. The first-order chi connectivity index (χ1) is 12.3. The highest BCUT2D eigenvalue weighted by atomic mass is 35.5. The van der Waals surface area contributed by atoms with Gasteiger partial charge in [-0.1, -0.05) is 17.7 Å². The Labute approximate surface area is 166 Å². The lowest BCUT2D eigenvalue weighted by Crippen LogP contribution is -2.38. The van der Waals surface area contributed by atoms with E-state index in [9.17, 15) is 13.6 Å². The van der Waals surface area contributed by atoms with Crippen LogP contribution in [0.25, 0.3) is 0 Å². The van der Waals surface area contributed by atoms with Crippen LogP contribution in [0.15, 0.2) is 35.5 Å². The van der Waals surface area contributed by atoms with E-state index in [0.29, 0.717) is 5.56 Å². The molecule has 3 rings (SSSR count). The standard InChI is InChI=1S/C18H16ClF2N3O2.ClH/c1-18(9-26-8-16(22)24-18)12-4-10(2-3-13(12)20)5-15(25)17-14(21)6-11(19)7-23-17;/h2-4,6-7H,5,8-9H2,1H3,(H2,22,24);1H/t18-;/m0./s1. The number of ketones is 1. The number of carbonyl (C=O) groups excluding carboxylic acids is 1. The maximum absolute atomic E-state index is 14.4. The van der Waals surface area contributed by atoms with Gasteiger partial charge in [-0.2, -0.15) is 0 Å². The molecule has 1 aliphatic heterocycles. The molecule has 0 aliphatic carbocycles. The molecule has 2 N–H and O–H groups in total. The Balaban J connectivity index is 0.00000261. The summed E-state index contributed by atoms with van der Waals surface area (Å²) in [6, 6.07) is 5.25. The second kappa shape index (κ2) is 8.29. The quantitative estimate of drug-likeness (QED) is 0.775. The number of amidine groups is 1. The number of ether oxygens (including phenoxy) is 1. The maximum atomic E-state index is 14.4. The largest absolute Gasteiger partial charge is 0.386 e. The van der Waals surface area contributed by atoms with E-state index in [0.717, 1.165) is 6.07 Å². The average Bonchev–Trinajstić information content (AvgIpc) is 2.56. The van der Waals surface area contributed by atoms with Crippen molar-refractivity contribution in [2.24, 2.45) is 10.7 Å². The van der Waals surface area contributed by atoms with Gasteiger partial charge in [0, 0.05) is 18.2 Å². The van der Waals surface area contributed by atoms with Gasteiger partial charge in [-0.15, -0.1) is 12.4 Å². The summed E-state index contributed by atoms with van der Waals surface area (Å²) in [4.78, 5) is 20.4. The number of nitrogens with two attached hydrogens (primary N) is 1. The van der Waals surface area contributed by atoms with Crippen LogP contribution in [-0.2, 0) is 16.7 Å². The van der Waals surface area contributed by atoms with E-state index in [1.807, 2.05) is 0 Å². The topological polar surface area (TPSA) is 77.6 Å². The van der Waals surface area contributed by atoms with Crippen LogP contribution in [0.3, 0.4) is 0 Å². The van der Waals surface area contributed by atoms with E-state index >= 15 is 0 Å². The zero-order chi connectivity index (χ0) is 18.9. The molecule has 2 aromatic rings. The summed E-state index contributed by atoms with van der Waals surface area (Å²) in [6.07, 6.45) is 1.06. The Bertz CT molecular complexity index is 908. The zero-order valence-corrected chi connectivity index (χ0v) is 15.9. The van der Waals surface area contributed by atoms with Crippen LogP contribution in [0.4, 0.5) is 8.78 Å². The molecule has 0 fully saturated rings. The monoisotopic (exact) mass is 415 g/mol. The predicted molar refractivity (Wildman–Crippen MR) is 101 cm³/mol. The number of aliphatic imine (C=N–C) groups is 1. The second-order valence-corrected chi connectivity index (χ2v) is 6.70. The fraction of sp³-hybridized carbons (Fsp3) is 0.278. The highest BCUT2D eigenvalue weighted by molar-refractivity contribution is 6.30. The molecule has 0 unspecified atom stereocenters. The molecule has 0 bridgehead atoms. The minimum absolute atomic E-state index is 0. The van der Waals surface area contributed by atoms with Gasteiger partial charge >= 0.3 is 0 Å². The van der Waals surface area contributed by atoms with Crippen molar-refractivity contribution in [2.45, 2.75) is 18.9 Å². The first-order valence-corrected chi connectivity index (χ1v) is 8.21. The third-order valence-electron chi connectivity index (χ3n) is 4.07. The zero-order valence-electron chi connectivity index (χ0n) is 14.3. The van der Waals surface area contributed by atoms with Crippen molar-refractivity contribution in [3.05, 3.63) is 63.9 Å². The molecule has 1 atom stereocenters. The summed E-state index contributed by atoms with van der Waals surface area (Å²) in [6.45, 7) is 2.05. The highest BCUT2D eigenvalue weighted by Crippen LogP contribution is 2.31. The van der Waals surface area contributed by atoms with Crippen LogP contribution < -0.4 is 5.73 Å². The first kappa shape index (κ1) is 21.2. The van der Waals surface area contributed by atoms with Gasteiger partial charge in [0.25, 0.3) is 0 Å². The summed E-state index contributed by atoms with van der Waals surface area (Å²) in [5.41, 5.74) is 5.17. The minimum Gasteiger partial charge on any atom is -0.386 e. The smallest absolute Gasteiger partial charge is 0.188 e. The molecular weight excluding hydrogens is 399 g/mol. The number of halogens is 4. The van der Waals surface area contributed by atoms with Crippen molar-refractivity contribution in [3.63, 3.8) is 0 Å². The van der Waals surface area contributed by atoms with Gasteiger partial charge < -0.3 is 10.5 Å². The van der Waals surface area contributed by atoms with Gasteiger partial charge in [-0.25, -0.2) is 13.8 Å². The van der Waals surface area contributed by atoms with E-state index < -0.39 is 23.0 Å². The second-order valence-electron chi connectivity index (χ2n) is 6.27. The Morgan fingerprint density at radius 1 is 1.33 bits per heavy atom. The summed E-state index contributed by atoms with van der Waals surface area (Å²) < 4.78 is 33.6. The van der Waals surface area contributed by atoms with Crippen LogP contribution in [-0.4, -0.2) is 29.8 Å². The van der Waals surface area contributed by atoms with Gasteiger partial charge in [0.1, 0.15) is 29.5 Å². The van der Waals surface area contributed by atoms with E-state index in [1.54, 1.807) is 6.92 Å². The lowest BCUT2D eigenvalue weighted by molar-refractivity contribution is 0.0983. The van der Waals surface area contributed by atoms with Crippen molar-refractivity contribution in [2.75, 3.05) is 13.2 Å². The molecule has 144 valence electrons. The number of nitrogens with zero attached hydrogens (tertiary/aromatic N) is 2. The minimum atomic E-state index is -0.991. The Morgan fingerprint density at radius 3 is 2.74 bits per heavy atom. The molecule has 0 saturated heterocycles. The van der Waals surface area contributed by atoms with Gasteiger partial charge in [-0.05, 0) is 30.7 Å². The SMILES string of the molecule is C[C@@]1(c2cc(CC(=O)c3ncc(Cl)cc3F)ccc2F)COCC(N)=N1.Cl. The van der Waals surface area contributed by atoms with E-state index in [-0.39, 0.29) is 54.2 Å². The van der Waals surface area contributed by atoms with E-state index in [1.165, 1.54) is 24.4 Å². The summed E-state index contributed by atoms with van der Waals surface area (Å²) in [5.74, 6) is -1.55. The highest BCUT2D eigenvalue weighted by Gasteiger charge is 2.33. The molecule has 0 saturated carbocycles. The van der Waals surface area contributed by atoms with E-state index in [2.05, 4.69) is 9.98 Å². The summed E-state index contributed by atoms with van der Waals surface area (Å²) >= 11 is 5.64. The van der Waals surface area contributed by atoms with Gasteiger partial charge in [0.05, 0.1) is 11.6 Å². The summed E-state index contributed by atoms with van der Waals surface area (Å²) in [7, 11) is 0. The average molecular weight is 416 g/mol. The third-order valence-corrected chi connectivity index (χ3v) is 4.28. The number of aromatic nitrogens is 1. The molecule has 5 nitrogen and oxygen atoms in total. The molecule has 27 heavy (non-hydrogen) atoms. The van der Waals surface area contributed by atoms with Crippen LogP contribution in [0.1, 0.15) is 28.5 Å². The lowest BCUT2D eigenvalue weighted by Gasteiger charge is -2.30. The fourth-order valence-corrected chi connectivity index (χ4v) is 3.00. The third kappa shape index (κ3) is 4.61. The van der Waals surface area contributed by atoms with E-state index in [4.69, 9.17) is 22.1 Å². The van der Waals surface area contributed by atoms with Crippen molar-refractivity contribution in [3.8, 4) is 0 Å². The Hall–Kier alpha value is -2.09. The molecule has 1 aromatic heterocycles. The van der Waals surface area contributed by atoms with Crippen LogP contribution in [0.5, 0.6) is 0 Å². The molecule has 0 radical (unpaired) electrons. The van der Waals surface area contributed by atoms with Crippen molar-refractivity contribution in [1.29, 1.82) is 0 Å². The van der Waals surface area contributed by atoms with Crippen LogP contribution in [0, 0.1) is 11.6 Å². The van der Waals surface area contributed by atoms with Gasteiger partial charge in [0.2, 0.25) is 0 Å². The first-order valence-electron chi connectivity index (χ1n) is 7.83. The normalized spacial score (nSPS) is 19.2. The molecule has 0 spiro atoms. The number of hydrogen-bond donors (Lipinski definition) is 1. The lowest BCUT2D eigenvalue weighted by atomic mass is 9.90. The fourth-order valence-electron chi connectivity index (χ4n) is 2.86. The number of hydrogen-bond acceptors (Lipinski definition) is 5. The number of Topliss-reactive ketones (excluding diaryl/α,β-unsaturated/α-hetero) is 1. The summed E-state index contributed by atoms with van der Waals surface area (Å²) in [5, 5.41) is 0.101. The number of carbonyl (C=O) groups is 1. The molecular formula is C18H17Cl2F2N3O2. The predicted octanol–water partition coefficient (Wildman–Crippen LogP) is 3.46. The van der Waals surface area contributed by atoms with Crippen LogP contribution in [0.2, 0.25) is 5.02 Å². The number of benzene rings is 1. The molecule has 0 amide bonds. The Kier molecular flexibility index (Phi) is 6.51. The maximum Gasteiger partial charge on any atom is 0.188 e.